The second kappa shape index (κ2) is 6.33. The maximum absolute atomic E-state index is 10.1. The molecule has 80 valence electrons. The molecule has 0 radical (unpaired) electrons. The molecule has 0 aliphatic heterocycles. The quantitative estimate of drug-likeness (QED) is 0.566. The van der Waals surface area contributed by atoms with Crippen LogP contribution in [0.4, 0.5) is 0 Å². The number of hydrogen-bond acceptors (Lipinski definition) is 4. The summed E-state index contributed by atoms with van der Waals surface area (Å²) in [4.78, 5) is 20.1. The van der Waals surface area contributed by atoms with E-state index in [0.717, 1.165) is 5.56 Å². The van der Waals surface area contributed by atoms with Crippen molar-refractivity contribution < 1.29 is 35.4 Å². The van der Waals surface area contributed by atoms with Crippen LogP contribution in [0, 0.1) is 0 Å². The summed E-state index contributed by atoms with van der Waals surface area (Å²) >= 11 is 0. The van der Waals surface area contributed by atoms with Crippen LogP contribution in [-0.2, 0) is 32.0 Å². The van der Waals surface area contributed by atoms with Gasteiger partial charge in [0, 0.05) is 0 Å². The Kier molecular flexibility index (Phi) is 6.25. The predicted octanol–water partition coefficient (Wildman–Crippen LogP) is 0.0719. The van der Waals surface area contributed by atoms with Gasteiger partial charge in [-0.15, -0.1) is 0 Å². The van der Waals surface area contributed by atoms with Gasteiger partial charge in [0.15, 0.2) is 0 Å². The van der Waals surface area contributed by atoms with Gasteiger partial charge in [-0.25, -0.2) is 0 Å². The largest absolute Gasteiger partial charge is 2.00 e. The summed E-state index contributed by atoms with van der Waals surface area (Å²) in [7, 11) is -4.80. The normalized spacial score (nSPS) is 10.7. The third-order valence-corrected chi connectivity index (χ3v) is 1.98. The summed E-state index contributed by atoms with van der Waals surface area (Å²) in [5, 5.41) is 0. The van der Waals surface area contributed by atoms with Crippen LogP contribution in [0.5, 0.6) is 0 Å². The standard InChI is InChI=1S/C8H11O4P.Ni/c9-13(10,11)12-7-6-8-4-2-1-3-5-8;/h1-5H,6-7H2,(H2,9,10,11);/q;+2/p-2. The molecule has 0 amide bonds. The predicted molar refractivity (Wildman–Crippen MR) is 43.7 cm³/mol. The van der Waals surface area contributed by atoms with E-state index in [1.807, 2.05) is 30.3 Å². The first-order valence-electron chi connectivity index (χ1n) is 3.78. The average Bonchev–Trinajstić information content (AvgIpc) is 2.04. The molecule has 0 unspecified atom stereocenters. The van der Waals surface area contributed by atoms with E-state index in [4.69, 9.17) is 0 Å². The van der Waals surface area contributed by atoms with Crippen molar-refractivity contribution in [1.82, 2.24) is 0 Å². The zero-order valence-electron chi connectivity index (χ0n) is 7.20. The molecule has 0 aromatic heterocycles. The van der Waals surface area contributed by atoms with Gasteiger partial charge in [0.2, 0.25) is 0 Å². The molecule has 0 saturated heterocycles. The topological polar surface area (TPSA) is 72.4 Å². The number of phosphoric ester groups is 1. The van der Waals surface area contributed by atoms with Crippen LogP contribution in [-0.4, -0.2) is 6.61 Å². The van der Waals surface area contributed by atoms with E-state index < -0.39 is 7.82 Å². The molecule has 0 atom stereocenters. The Morgan fingerprint density at radius 3 is 2.29 bits per heavy atom. The molecule has 0 aliphatic rings. The van der Waals surface area contributed by atoms with Gasteiger partial charge in [-0.05, 0) is 12.0 Å². The first kappa shape index (κ1) is 13.8. The number of benzene rings is 1. The number of rotatable bonds is 4. The van der Waals surface area contributed by atoms with Gasteiger partial charge in [-0.3, -0.25) is 0 Å². The van der Waals surface area contributed by atoms with Gasteiger partial charge < -0.3 is 18.9 Å². The van der Waals surface area contributed by atoms with Crippen LogP contribution in [0.1, 0.15) is 5.56 Å². The van der Waals surface area contributed by atoms with Crippen molar-refractivity contribution >= 4 is 7.82 Å². The van der Waals surface area contributed by atoms with Crippen LogP contribution in [0.3, 0.4) is 0 Å². The summed E-state index contributed by atoms with van der Waals surface area (Å²) in [6.07, 6.45) is 0.426. The second-order valence-corrected chi connectivity index (χ2v) is 3.67. The number of phosphoric acid groups is 1. The van der Waals surface area contributed by atoms with Crippen molar-refractivity contribution in [1.29, 1.82) is 0 Å². The fraction of sp³-hybridized carbons (Fsp3) is 0.250. The zero-order valence-corrected chi connectivity index (χ0v) is 9.08. The van der Waals surface area contributed by atoms with Crippen LogP contribution >= 0.6 is 7.82 Å². The monoisotopic (exact) mass is 258 g/mol. The Hall–Kier alpha value is -0.176. The molecular weight excluding hydrogens is 250 g/mol. The van der Waals surface area contributed by atoms with Crippen LogP contribution in [0.2, 0.25) is 0 Å². The van der Waals surface area contributed by atoms with E-state index in [1.54, 1.807) is 0 Å². The third-order valence-electron chi connectivity index (χ3n) is 1.48. The van der Waals surface area contributed by atoms with E-state index in [0.29, 0.717) is 6.42 Å². The first-order valence-corrected chi connectivity index (χ1v) is 5.24. The fourth-order valence-electron chi connectivity index (χ4n) is 0.920. The third kappa shape index (κ3) is 6.30. The Balaban J connectivity index is 0.00000169. The maximum atomic E-state index is 10.1. The molecule has 0 bridgehead atoms. The molecule has 1 rings (SSSR count). The van der Waals surface area contributed by atoms with Crippen molar-refractivity contribution in [2.45, 2.75) is 6.42 Å². The van der Waals surface area contributed by atoms with Crippen molar-refractivity contribution in [3.8, 4) is 0 Å². The van der Waals surface area contributed by atoms with Gasteiger partial charge in [-0.1, -0.05) is 30.3 Å². The minimum absolute atomic E-state index is 0. The Morgan fingerprint density at radius 1 is 1.21 bits per heavy atom. The molecule has 4 nitrogen and oxygen atoms in total. The van der Waals surface area contributed by atoms with Gasteiger partial charge >= 0.3 is 16.5 Å². The smallest absolute Gasteiger partial charge is 0.790 e. The molecule has 6 heteroatoms. The minimum Gasteiger partial charge on any atom is -0.790 e. The molecule has 0 aliphatic carbocycles. The van der Waals surface area contributed by atoms with Gasteiger partial charge in [0.1, 0.15) is 0 Å². The summed E-state index contributed by atoms with van der Waals surface area (Å²) in [6.45, 7) is -0.0890. The van der Waals surface area contributed by atoms with E-state index in [2.05, 4.69) is 4.52 Å². The van der Waals surface area contributed by atoms with Crippen molar-refractivity contribution in [2.24, 2.45) is 0 Å². The van der Waals surface area contributed by atoms with Gasteiger partial charge in [0.25, 0.3) is 0 Å². The van der Waals surface area contributed by atoms with Crippen molar-refractivity contribution in [2.75, 3.05) is 6.61 Å². The van der Waals surface area contributed by atoms with E-state index in [9.17, 15) is 14.4 Å². The molecule has 14 heavy (non-hydrogen) atoms. The molecular formula is C8H9NiO4P. The SMILES string of the molecule is O=P([O-])([O-])OCCc1ccccc1.[Ni+2]. The second-order valence-electron chi connectivity index (χ2n) is 2.52. The van der Waals surface area contributed by atoms with Crippen LogP contribution < -0.4 is 9.79 Å². The molecule has 0 saturated carbocycles. The first-order chi connectivity index (χ1) is 6.08. The summed E-state index contributed by atoms with van der Waals surface area (Å²) < 4.78 is 14.1. The molecule has 0 heterocycles. The van der Waals surface area contributed by atoms with Gasteiger partial charge in [-0.2, -0.15) is 0 Å². The van der Waals surface area contributed by atoms with E-state index in [1.165, 1.54) is 0 Å². The van der Waals surface area contributed by atoms with Gasteiger partial charge in [0.05, 0.1) is 14.4 Å². The molecule has 1 aromatic rings. The molecule has 0 fully saturated rings. The van der Waals surface area contributed by atoms with Crippen LogP contribution in [0.15, 0.2) is 30.3 Å². The maximum Gasteiger partial charge on any atom is 2.00 e. The van der Waals surface area contributed by atoms with Crippen molar-refractivity contribution in [3.05, 3.63) is 35.9 Å². The Morgan fingerprint density at radius 2 is 1.79 bits per heavy atom. The summed E-state index contributed by atoms with van der Waals surface area (Å²) in [5.41, 5.74) is 0.941. The fourth-order valence-corrected chi connectivity index (χ4v) is 1.23. The average molecular weight is 259 g/mol. The number of hydrogen-bond donors (Lipinski definition) is 0. The molecule has 0 N–H and O–H groups in total. The molecule has 0 spiro atoms. The Bertz CT molecular complexity index is 297. The van der Waals surface area contributed by atoms with E-state index in [-0.39, 0.29) is 23.1 Å². The summed E-state index contributed by atoms with van der Waals surface area (Å²) in [5.74, 6) is 0. The zero-order chi connectivity index (χ0) is 9.73. The van der Waals surface area contributed by atoms with Crippen LogP contribution in [0.25, 0.3) is 0 Å². The molecule has 1 aromatic carbocycles. The van der Waals surface area contributed by atoms with E-state index >= 15 is 0 Å². The Labute approximate surface area is 92.5 Å². The summed E-state index contributed by atoms with van der Waals surface area (Å²) in [6, 6.07) is 9.21. The minimum atomic E-state index is -4.80. The van der Waals surface area contributed by atoms with Crippen molar-refractivity contribution in [3.63, 3.8) is 0 Å².